The molecule has 0 fully saturated rings. The van der Waals surface area contributed by atoms with E-state index in [-0.39, 0.29) is 0 Å². The van der Waals surface area contributed by atoms with Crippen molar-refractivity contribution in [3.05, 3.63) is 24.3 Å². The Kier molecular flexibility index (Phi) is 2.86. The molecule has 0 saturated carbocycles. The Bertz CT molecular complexity index is 457. The highest BCUT2D eigenvalue weighted by Gasteiger charge is 2.10. The van der Waals surface area contributed by atoms with Gasteiger partial charge in [0.1, 0.15) is 0 Å². The van der Waals surface area contributed by atoms with Crippen LogP contribution in [0.4, 0.5) is 5.69 Å². The summed E-state index contributed by atoms with van der Waals surface area (Å²) in [5, 5.41) is 3.84. The minimum atomic E-state index is 0.443. The van der Waals surface area contributed by atoms with Crippen LogP contribution >= 0.6 is 11.8 Å². The van der Waals surface area contributed by atoms with Crippen molar-refractivity contribution in [1.82, 2.24) is 15.1 Å². The van der Waals surface area contributed by atoms with Gasteiger partial charge in [-0.1, -0.05) is 5.16 Å². The van der Waals surface area contributed by atoms with E-state index in [1.807, 2.05) is 6.26 Å². The molecule has 5 nitrogen and oxygen atoms in total. The van der Waals surface area contributed by atoms with Crippen LogP contribution < -0.4 is 5.73 Å². The van der Waals surface area contributed by atoms with Crippen LogP contribution in [0.5, 0.6) is 0 Å². The maximum atomic E-state index is 5.74. The third-order valence-electron chi connectivity index (χ3n) is 1.82. The highest BCUT2D eigenvalue weighted by molar-refractivity contribution is 7.97. The SMILES string of the molecule is CSCc1noc(-c2ccncc2N)n1. The minimum Gasteiger partial charge on any atom is -0.397 e. The lowest BCUT2D eigenvalue weighted by Gasteiger charge is -1.96. The summed E-state index contributed by atoms with van der Waals surface area (Å²) in [6.07, 6.45) is 5.19. The van der Waals surface area contributed by atoms with Crippen molar-refractivity contribution in [3.8, 4) is 11.5 Å². The van der Waals surface area contributed by atoms with Crippen molar-refractivity contribution in [2.24, 2.45) is 0 Å². The predicted molar refractivity (Wildman–Crippen MR) is 59.2 cm³/mol. The van der Waals surface area contributed by atoms with Gasteiger partial charge in [0.15, 0.2) is 5.82 Å². The fourth-order valence-corrected chi connectivity index (χ4v) is 1.53. The predicted octanol–water partition coefficient (Wildman–Crippen LogP) is 1.58. The van der Waals surface area contributed by atoms with Gasteiger partial charge >= 0.3 is 0 Å². The first-order chi connectivity index (χ1) is 7.31. The second kappa shape index (κ2) is 4.31. The number of anilines is 1. The summed E-state index contributed by atoms with van der Waals surface area (Å²) >= 11 is 1.64. The molecule has 0 atom stereocenters. The van der Waals surface area contributed by atoms with Crippen LogP contribution in [0.15, 0.2) is 23.0 Å². The lowest BCUT2D eigenvalue weighted by atomic mass is 10.2. The Morgan fingerprint density at radius 2 is 2.40 bits per heavy atom. The first-order valence-electron chi connectivity index (χ1n) is 4.32. The normalized spacial score (nSPS) is 10.5. The number of aromatic nitrogens is 3. The van der Waals surface area contributed by atoms with Crippen LogP contribution in [-0.2, 0) is 5.75 Å². The topological polar surface area (TPSA) is 77.8 Å². The smallest absolute Gasteiger partial charge is 0.260 e. The van der Waals surface area contributed by atoms with Crippen molar-refractivity contribution in [3.63, 3.8) is 0 Å². The lowest BCUT2D eigenvalue weighted by Crippen LogP contribution is -1.91. The van der Waals surface area contributed by atoms with Gasteiger partial charge < -0.3 is 10.3 Å². The molecule has 2 N–H and O–H groups in total. The van der Waals surface area contributed by atoms with E-state index >= 15 is 0 Å². The number of hydrogen-bond acceptors (Lipinski definition) is 6. The summed E-state index contributed by atoms with van der Waals surface area (Å²) in [6, 6.07) is 1.76. The third kappa shape index (κ3) is 2.10. The molecule has 2 rings (SSSR count). The van der Waals surface area contributed by atoms with E-state index in [2.05, 4.69) is 15.1 Å². The maximum Gasteiger partial charge on any atom is 0.260 e. The van der Waals surface area contributed by atoms with Gasteiger partial charge in [-0.2, -0.15) is 16.7 Å². The lowest BCUT2D eigenvalue weighted by molar-refractivity contribution is 0.425. The quantitative estimate of drug-likeness (QED) is 0.849. The molecular formula is C9H10N4OS. The summed E-state index contributed by atoms with van der Waals surface area (Å²) in [5.74, 6) is 1.85. The van der Waals surface area contributed by atoms with Crippen LogP contribution in [0.1, 0.15) is 5.82 Å². The Labute approximate surface area is 91.1 Å². The molecule has 6 heteroatoms. The largest absolute Gasteiger partial charge is 0.397 e. The zero-order valence-corrected chi connectivity index (χ0v) is 8.99. The van der Waals surface area contributed by atoms with Crippen molar-refractivity contribution in [1.29, 1.82) is 0 Å². The number of nitrogens with zero attached hydrogens (tertiary/aromatic N) is 3. The molecule has 0 unspecified atom stereocenters. The third-order valence-corrected chi connectivity index (χ3v) is 2.37. The second-order valence-electron chi connectivity index (χ2n) is 2.91. The first kappa shape index (κ1) is 9.97. The molecule has 2 heterocycles. The zero-order chi connectivity index (χ0) is 10.7. The van der Waals surface area contributed by atoms with Crippen LogP contribution in [0.25, 0.3) is 11.5 Å². The van der Waals surface area contributed by atoms with Gasteiger partial charge in [-0.25, -0.2) is 0 Å². The van der Waals surface area contributed by atoms with Crippen molar-refractivity contribution in [2.75, 3.05) is 12.0 Å². The summed E-state index contributed by atoms with van der Waals surface area (Å²) in [7, 11) is 0. The average molecular weight is 222 g/mol. The van der Waals surface area contributed by atoms with Crippen LogP contribution in [0, 0.1) is 0 Å². The number of nitrogens with two attached hydrogens (primary N) is 1. The monoisotopic (exact) mass is 222 g/mol. The second-order valence-corrected chi connectivity index (χ2v) is 3.78. The van der Waals surface area contributed by atoms with E-state index in [9.17, 15) is 0 Å². The molecule has 0 radical (unpaired) electrons. The molecule has 0 spiro atoms. The number of rotatable bonds is 3. The van der Waals surface area contributed by atoms with Gasteiger partial charge in [-0.05, 0) is 12.3 Å². The molecule has 0 aliphatic rings. The number of thioether (sulfide) groups is 1. The molecule has 0 aromatic carbocycles. The summed E-state index contributed by atoms with van der Waals surface area (Å²) in [4.78, 5) is 8.12. The standard InChI is InChI=1S/C9H10N4OS/c1-15-5-8-12-9(14-13-8)6-2-3-11-4-7(6)10/h2-4H,5,10H2,1H3. The number of nitrogen functional groups attached to an aromatic ring is 1. The summed E-state index contributed by atoms with van der Waals surface area (Å²) < 4.78 is 5.10. The van der Waals surface area contributed by atoms with E-state index in [1.54, 1.807) is 30.2 Å². The molecule has 2 aromatic rings. The summed E-state index contributed by atoms with van der Waals surface area (Å²) in [6.45, 7) is 0. The molecule has 2 aromatic heterocycles. The Morgan fingerprint density at radius 3 is 3.13 bits per heavy atom. The molecule has 78 valence electrons. The molecule has 0 amide bonds. The summed E-state index contributed by atoms with van der Waals surface area (Å²) in [5.41, 5.74) is 7.01. The number of hydrogen-bond donors (Lipinski definition) is 1. The fourth-order valence-electron chi connectivity index (χ4n) is 1.15. The fraction of sp³-hybridized carbons (Fsp3) is 0.222. The molecular weight excluding hydrogens is 212 g/mol. The zero-order valence-electron chi connectivity index (χ0n) is 8.17. The van der Waals surface area contributed by atoms with E-state index in [4.69, 9.17) is 10.3 Å². The van der Waals surface area contributed by atoms with Gasteiger partial charge in [-0.15, -0.1) is 0 Å². The Hall–Kier alpha value is -1.56. The van der Waals surface area contributed by atoms with Crippen LogP contribution in [0.3, 0.4) is 0 Å². The average Bonchev–Trinajstić information content (AvgIpc) is 2.68. The number of pyridine rings is 1. The van der Waals surface area contributed by atoms with Crippen molar-refractivity contribution >= 4 is 17.4 Å². The van der Waals surface area contributed by atoms with Crippen molar-refractivity contribution < 1.29 is 4.52 Å². The molecule has 15 heavy (non-hydrogen) atoms. The Balaban J connectivity index is 2.33. The van der Waals surface area contributed by atoms with E-state index < -0.39 is 0 Å². The van der Waals surface area contributed by atoms with E-state index in [0.717, 1.165) is 11.3 Å². The van der Waals surface area contributed by atoms with Gasteiger partial charge in [0.2, 0.25) is 0 Å². The highest BCUT2D eigenvalue weighted by Crippen LogP contribution is 2.23. The minimum absolute atomic E-state index is 0.443. The van der Waals surface area contributed by atoms with Crippen LogP contribution in [0.2, 0.25) is 0 Å². The Morgan fingerprint density at radius 1 is 1.53 bits per heavy atom. The maximum absolute atomic E-state index is 5.74. The van der Waals surface area contributed by atoms with E-state index in [1.165, 1.54) is 0 Å². The van der Waals surface area contributed by atoms with Gasteiger partial charge in [0.05, 0.1) is 23.2 Å². The van der Waals surface area contributed by atoms with E-state index in [0.29, 0.717) is 17.4 Å². The molecule has 0 bridgehead atoms. The van der Waals surface area contributed by atoms with Gasteiger partial charge in [0.25, 0.3) is 5.89 Å². The van der Waals surface area contributed by atoms with Crippen LogP contribution in [-0.4, -0.2) is 21.4 Å². The molecule has 0 saturated heterocycles. The van der Waals surface area contributed by atoms with Gasteiger partial charge in [0, 0.05) is 6.20 Å². The van der Waals surface area contributed by atoms with Gasteiger partial charge in [-0.3, -0.25) is 4.98 Å². The molecule has 0 aliphatic carbocycles. The highest BCUT2D eigenvalue weighted by atomic mass is 32.2. The van der Waals surface area contributed by atoms with Crippen molar-refractivity contribution in [2.45, 2.75) is 5.75 Å². The first-order valence-corrected chi connectivity index (χ1v) is 5.72. The molecule has 0 aliphatic heterocycles.